The molecule has 0 aromatic heterocycles. The maximum absolute atomic E-state index is 2.61. The average molecular weight is 823 g/mol. The van der Waals surface area contributed by atoms with Gasteiger partial charge in [-0.1, -0.05) is 158 Å². The Bertz CT molecular complexity index is 2820. The zero-order valence-corrected chi connectivity index (χ0v) is 38.2. The van der Waals surface area contributed by atoms with Gasteiger partial charge >= 0.3 is 0 Å². The number of hydrogen-bond donors (Lipinski definition) is 0. The quantitative estimate of drug-likeness (QED) is 0.134. The molecular formula is C59H58N2Si. The van der Waals surface area contributed by atoms with Gasteiger partial charge in [-0.05, 0) is 152 Å². The van der Waals surface area contributed by atoms with Crippen molar-refractivity contribution in [3.63, 3.8) is 0 Å². The average Bonchev–Trinajstić information content (AvgIpc) is 3.59. The SMILES string of the molecule is Cc1ccc(N(C2=CCC([Si](C)(C)C)C=C2)c2cc3c(c4ccccc24)-c2ccc(N(c4ccc(C)cc4)c4ccc(C)cc4)cc2C3(C2=CCCC=C2)C2C=CC=CC2)cc1. The lowest BCUT2D eigenvalue weighted by Gasteiger charge is -2.42. The number of aryl methyl sites for hydroxylation is 3. The Morgan fingerprint density at radius 1 is 0.548 bits per heavy atom. The van der Waals surface area contributed by atoms with Crippen molar-refractivity contribution in [2.45, 2.75) is 77.1 Å². The molecule has 0 spiro atoms. The zero-order valence-electron chi connectivity index (χ0n) is 37.2. The van der Waals surface area contributed by atoms with Crippen LogP contribution in [0.4, 0.5) is 28.4 Å². The summed E-state index contributed by atoms with van der Waals surface area (Å²) in [5, 5.41) is 2.57. The van der Waals surface area contributed by atoms with Crippen LogP contribution in [-0.4, -0.2) is 8.07 Å². The summed E-state index contributed by atoms with van der Waals surface area (Å²) in [6.45, 7) is 14.0. The van der Waals surface area contributed by atoms with Gasteiger partial charge in [0.25, 0.3) is 0 Å². The molecule has 0 amide bonds. The van der Waals surface area contributed by atoms with Crippen molar-refractivity contribution in [2.24, 2.45) is 5.92 Å². The number of hydrogen-bond acceptors (Lipinski definition) is 2. The molecule has 0 bridgehead atoms. The van der Waals surface area contributed by atoms with Gasteiger partial charge in [0.05, 0.1) is 19.2 Å². The van der Waals surface area contributed by atoms with E-state index in [1.54, 1.807) is 0 Å². The van der Waals surface area contributed by atoms with Crippen LogP contribution in [0.1, 0.15) is 53.5 Å². The number of benzene rings is 6. The molecule has 0 N–H and O–H groups in total. The number of anilines is 5. The fourth-order valence-electron chi connectivity index (χ4n) is 10.6. The first kappa shape index (κ1) is 39.9. The molecule has 4 aliphatic carbocycles. The number of fused-ring (bicyclic) bond motifs is 5. The zero-order chi connectivity index (χ0) is 42.6. The van der Waals surface area contributed by atoms with E-state index in [1.165, 1.54) is 78.0 Å². The van der Waals surface area contributed by atoms with Gasteiger partial charge in [-0.3, -0.25) is 0 Å². The summed E-state index contributed by atoms with van der Waals surface area (Å²) in [5.74, 6) is 0.206. The maximum Gasteiger partial charge on any atom is 0.0543 e. The molecule has 6 aromatic carbocycles. The predicted octanol–water partition coefficient (Wildman–Crippen LogP) is 16.6. The number of allylic oxidation sites excluding steroid dienone is 11. The Morgan fingerprint density at radius 3 is 1.74 bits per heavy atom. The van der Waals surface area contributed by atoms with Crippen molar-refractivity contribution in [3.05, 3.63) is 221 Å². The van der Waals surface area contributed by atoms with Crippen molar-refractivity contribution in [2.75, 3.05) is 9.80 Å². The highest BCUT2D eigenvalue weighted by Gasteiger charge is 2.51. The largest absolute Gasteiger partial charge is 0.310 e. The van der Waals surface area contributed by atoms with Gasteiger partial charge in [0.1, 0.15) is 0 Å². The van der Waals surface area contributed by atoms with E-state index in [2.05, 4.69) is 232 Å². The van der Waals surface area contributed by atoms with Gasteiger partial charge in [-0.2, -0.15) is 0 Å². The third-order valence-corrected chi connectivity index (χ3v) is 16.6. The van der Waals surface area contributed by atoms with Crippen LogP contribution in [0.3, 0.4) is 0 Å². The van der Waals surface area contributed by atoms with Crippen molar-refractivity contribution in [1.82, 2.24) is 0 Å². The molecule has 0 heterocycles. The molecule has 0 saturated heterocycles. The van der Waals surface area contributed by atoms with E-state index in [1.807, 2.05) is 0 Å². The highest BCUT2D eigenvalue weighted by Crippen LogP contribution is 2.62. The lowest BCUT2D eigenvalue weighted by molar-refractivity contribution is 0.454. The van der Waals surface area contributed by atoms with Crippen LogP contribution in [0.15, 0.2) is 193 Å². The van der Waals surface area contributed by atoms with Gasteiger partial charge in [0.2, 0.25) is 0 Å². The standard InChI is InChI=1S/C59H58N2Si/c1-41-21-27-46(28-22-41)60(47-29-23-42(2)24-30-47)50-35-38-54-55(39-50)59(44-15-9-7-10-16-44,45-17-11-8-12-18-45)56-40-57(52-19-13-14-20-53(52)58(54)56)61(48-31-25-43(3)26-32-48)49-33-36-51(37-34-49)62(4,5)6/h7,9-11,13-15,17-36,38-40,44,51H,8,12,16,37H2,1-6H3. The maximum atomic E-state index is 2.61. The summed E-state index contributed by atoms with van der Waals surface area (Å²) in [6, 6.07) is 46.4. The molecule has 4 aliphatic rings. The second-order valence-corrected chi connectivity index (χ2v) is 24.5. The molecule has 10 rings (SSSR count). The van der Waals surface area contributed by atoms with E-state index >= 15 is 0 Å². The smallest absolute Gasteiger partial charge is 0.0543 e. The fraction of sp³-hybridized carbons (Fsp3) is 0.220. The molecule has 6 aromatic rings. The first-order valence-electron chi connectivity index (χ1n) is 22.7. The van der Waals surface area contributed by atoms with E-state index in [9.17, 15) is 0 Å². The summed E-state index contributed by atoms with van der Waals surface area (Å²) in [6.07, 6.45) is 28.5. The van der Waals surface area contributed by atoms with E-state index in [-0.39, 0.29) is 5.92 Å². The minimum Gasteiger partial charge on any atom is -0.310 e. The second kappa shape index (κ2) is 15.9. The molecule has 0 fully saturated rings. The molecule has 308 valence electrons. The van der Waals surface area contributed by atoms with Gasteiger partial charge in [0.15, 0.2) is 0 Å². The third kappa shape index (κ3) is 6.88. The fourth-order valence-corrected chi connectivity index (χ4v) is 12.1. The van der Waals surface area contributed by atoms with Gasteiger partial charge in [-0.15, -0.1) is 0 Å². The second-order valence-electron chi connectivity index (χ2n) is 19.1. The molecule has 3 unspecified atom stereocenters. The van der Waals surface area contributed by atoms with Gasteiger partial charge < -0.3 is 9.80 Å². The first-order valence-corrected chi connectivity index (χ1v) is 26.3. The normalized spacial score (nSPS) is 20.2. The molecular weight excluding hydrogens is 765 g/mol. The van der Waals surface area contributed by atoms with Crippen LogP contribution in [0.2, 0.25) is 25.2 Å². The van der Waals surface area contributed by atoms with Crippen LogP contribution in [0, 0.1) is 26.7 Å². The van der Waals surface area contributed by atoms with Crippen molar-refractivity contribution < 1.29 is 0 Å². The highest BCUT2D eigenvalue weighted by molar-refractivity contribution is 6.78. The number of nitrogens with zero attached hydrogens (tertiary/aromatic N) is 2. The summed E-state index contributed by atoms with van der Waals surface area (Å²) in [7, 11) is -1.38. The van der Waals surface area contributed by atoms with E-state index in [0.717, 1.165) is 37.1 Å². The van der Waals surface area contributed by atoms with Crippen LogP contribution in [-0.2, 0) is 5.41 Å². The Balaban J connectivity index is 1.27. The van der Waals surface area contributed by atoms with Crippen LogP contribution in [0.25, 0.3) is 21.9 Å². The minimum atomic E-state index is -1.38. The van der Waals surface area contributed by atoms with Crippen LogP contribution < -0.4 is 9.80 Å². The molecule has 2 nitrogen and oxygen atoms in total. The van der Waals surface area contributed by atoms with E-state index < -0.39 is 13.5 Å². The monoisotopic (exact) mass is 822 g/mol. The molecule has 62 heavy (non-hydrogen) atoms. The molecule has 3 atom stereocenters. The molecule has 0 radical (unpaired) electrons. The lowest BCUT2D eigenvalue weighted by atomic mass is 9.61. The Kier molecular flexibility index (Phi) is 10.3. The molecule has 0 aliphatic heterocycles. The Hall–Kier alpha value is -6.16. The van der Waals surface area contributed by atoms with Gasteiger partial charge in [0, 0.05) is 33.8 Å². The van der Waals surface area contributed by atoms with Crippen molar-refractivity contribution in [1.29, 1.82) is 0 Å². The Labute approximate surface area is 370 Å². The van der Waals surface area contributed by atoms with Crippen LogP contribution >= 0.6 is 0 Å². The topological polar surface area (TPSA) is 6.48 Å². The third-order valence-electron chi connectivity index (χ3n) is 14.0. The van der Waals surface area contributed by atoms with E-state index in [0.29, 0.717) is 5.54 Å². The minimum absolute atomic E-state index is 0.206. The van der Waals surface area contributed by atoms with Crippen LogP contribution in [0.5, 0.6) is 0 Å². The summed E-state index contributed by atoms with van der Waals surface area (Å²) in [5.41, 5.74) is 18.0. The van der Waals surface area contributed by atoms with E-state index in [4.69, 9.17) is 0 Å². The number of rotatable bonds is 9. The molecule has 3 heteroatoms. The summed E-state index contributed by atoms with van der Waals surface area (Å²) < 4.78 is 0. The van der Waals surface area contributed by atoms with Gasteiger partial charge in [-0.25, -0.2) is 0 Å². The summed E-state index contributed by atoms with van der Waals surface area (Å²) >= 11 is 0. The first-order chi connectivity index (χ1) is 30.1. The lowest BCUT2D eigenvalue weighted by Crippen LogP contribution is -2.36. The van der Waals surface area contributed by atoms with Crippen molar-refractivity contribution in [3.8, 4) is 11.1 Å². The summed E-state index contributed by atoms with van der Waals surface area (Å²) in [4.78, 5) is 5.02. The predicted molar refractivity (Wildman–Crippen MR) is 269 cm³/mol. The molecule has 0 saturated carbocycles. The Morgan fingerprint density at radius 2 is 1.18 bits per heavy atom. The highest BCUT2D eigenvalue weighted by atomic mass is 28.3. The van der Waals surface area contributed by atoms with Crippen molar-refractivity contribution >= 4 is 47.3 Å².